The van der Waals surface area contributed by atoms with Gasteiger partial charge in [0.25, 0.3) is 0 Å². The summed E-state index contributed by atoms with van der Waals surface area (Å²) >= 11 is 0. The van der Waals surface area contributed by atoms with Gasteiger partial charge in [-0.25, -0.2) is 4.79 Å². The Kier molecular flexibility index (Phi) is 2.02. The first-order chi connectivity index (χ1) is 6.15. The van der Waals surface area contributed by atoms with Crippen molar-refractivity contribution in [2.24, 2.45) is 5.92 Å². The van der Waals surface area contributed by atoms with Crippen LogP contribution in [0.3, 0.4) is 0 Å². The van der Waals surface area contributed by atoms with Gasteiger partial charge in [-0.15, -0.1) is 0 Å². The highest BCUT2D eigenvalue weighted by atomic mass is 16.6. The van der Waals surface area contributed by atoms with Crippen molar-refractivity contribution in [1.82, 2.24) is 0 Å². The number of ether oxygens (including phenoxy) is 2. The van der Waals surface area contributed by atoms with Crippen molar-refractivity contribution < 1.29 is 24.5 Å². The van der Waals surface area contributed by atoms with Gasteiger partial charge < -0.3 is 19.7 Å². The molecule has 2 aliphatic rings. The Labute approximate surface area is 75.3 Å². The minimum atomic E-state index is -0.858. The van der Waals surface area contributed by atoms with Crippen LogP contribution in [-0.2, 0) is 14.3 Å². The molecule has 2 N–H and O–H groups in total. The topological polar surface area (TPSA) is 76.0 Å². The van der Waals surface area contributed by atoms with Gasteiger partial charge in [0, 0.05) is 5.92 Å². The van der Waals surface area contributed by atoms with Crippen molar-refractivity contribution in [2.45, 2.75) is 30.8 Å². The minimum Gasteiger partial charge on any atom is -0.467 e. The number of aliphatic hydroxyl groups is 2. The molecule has 5 nitrogen and oxygen atoms in total. The Morgan fingerprint density at radius 2 is 2.15 bits per heavy atom. The molecule has 13 heavy (non-hydrogen) atoms. The Morgan fingerprint density at radius 1 is 1.46 bits per heavy atom. The lowest BCUT2D eigenvalue weighted by molar-refractivity contribution is -0.174. The van der Waals surface area contributed by atoms with Crippen LogP contribution in [0.15, 0.2) is 0 Å². The third-order valence-corrected chi connectivity index (χ3v) is 2.82. The number of carbonyl (C=O) groups excluding carboxylic acids is 1. The first kappa shape index (κ1) is 8.93. The number of fused-ring (bicyclic) bond motifs is 2. The van der Waals surface area contributed by atoms with Crippen LogP contribution in [0.2, 0.25) is 0 Å². The molecular weight excluding hydrogens is 176 g/mol. The molecule has 1 aliphatic heterocycles. The molecule has 0 aromatic heterocycles. The molecule has 0 amide bonds. The molecule has 0 unspecified atom stereocenters. The first-order valence-electron chi connectivity index (χ1n) is 4.24. The first-order valence-corrected chi connectivity index (χ1v) is 4.24. The van der Waals surface area contributed by atoms with Crippen LogP contribution < -0.4 is 0 Å². The van der Waals surface area contributed by atoms with Crippen molar-refractivity contribution in [3.05, 3.63) is 0 Å². The predicted octanol–water partition coefficient (Wildman–Crippen LogP) is -1.33. The maximum atomic E-state index is 11.1. The summed E-state index contributed by atoms with van der Waals surface area (Å²) < 4.78 is 9.72. The van der Waals surface area contributed by atoms with E-state index < -0.39 is 30.4 Å². The molecule has 2 fully saturated rings. The van der Waals surface area contributed by atoms with Crippen molar-refractivity contribution in [3.8, 4) is 0 Å². The standard InChI is InChI=1S/C8H12O5/c1-12-8(11)7-3-2-4(13-7)6(10)5(3)9/h3-7,9-10H,2H2,1H3/t3-,4+,5+,6-,7+/m0/s1. The van der Waals surface area contributed by atoms with E-state index in [-0.39, 0.29) is 5.92 Å². The maximum Gasteiger partial charge on any atom is 0.335 e. The summed E-state index contributed by atoms with van der Waals surface area (Å²) in [5.41, 5.74) is 0. The van der Waals surface area contributed by atoms with Gasteiger partial charge in [-0.3, -0.25) is 0 Å². The normalized spacial score (nSPS) is 48.1. The average Bonchev–Trinajstić information content (AvgIpc) is 2.67. The Morgan fingerprint density at radius 3 is 2.62 bits per heavy atom. The number of hydrogen-bond acceptors (Lipinski definition) is 5. The number of esters is 1. The molecule has 74 valence electrons. The van der Waals surface area contributed by atoms with Crippen LogP contribution in [0.1, 0.15) is 6.42 Å². The molecule has 5 heteroatoms. The van der Waals surface area contributed by atoms with Crippen LogP contribution in [-0.4, -0.2) is 47.7 Å². The zero-order valence-corrected chi connectivity index (χ0v) is 7.21. The van der Waals surface area contributed by atoms with E-state index in [1.807, 2.05) is 0 Å². The average molecular weight is 188 g/mol. The van der Waals surface area contributed by atoms with E-state index in [0.717, 1.165) is 0 Å². The van der Waals surface area contributed by atoms with Crippen molar-refractivity contribution in [1.29, 1.82) is 0 Å². The van der Waals surface area contributed by atoms with E-state index >= 15 is 0 Å². The van der Waals surface area contributed by atoms with E-state index in [1.54, 1.807) is 0 Å². The highest BCUT2D eigenvalue weighted by Gasteiger charge is 2.55. The van der Waals surface area contributed by atoms with Gasteiger partial charge in [0.05, 0.1) is 19.3 Å². The van der Waals surface area contributed by atoms with Gasteiger partial charge in [0.2, 0.25) is 0 Å². The zero-order chi connectivity index (χ0) is 9.59. The molecule has 2 rings (SSSR count). The van der Waals surface area contributed by atoms with Gasteiger partial charge in [0.1, 0.15) is 6.10 Å². The van der Waals surface area contributed by atoms with Crippen molar-refractivity contribution in [2.75, 3.05) is 7.11 Å². The summed E-state index contributed by atoms with van der Waals surface area (Å²) in [6.45, 7) is 0. The van der Waals surface area contributed by atoms with E-state index in [9.17, 15) is 15.0 Å². The Bertz CT molecular complexity index is 227. The molecule has 0 aromatic rings. The molecule has 1 saturated heterocycles. The van der Waals surface area contributed by atoms with Gasteiger partial charge in [-0.2, -0.15) is 0 Å². The fourth-order valence-corrected chi connectivity index (χ4v) is 2.09. The van der Waals surface area contributed by atoms with E-state index in [1.165, 1.54) is 7.11 Å². The zero-order valence-electron chi connectivity index (χ0n) is 7.21. The van der Waals surface area contributed by atoms with Crippen LogP contribution in [0.4, 0.5) is 0 Å². The van der Waals surface area contributed by atoms with Crippen LogP contribution >= 0.6 is 0 Å². The van der Waals surface area contributed by atoms with E-state index in [0.29, 0.717) is 6.42 Å². The third-order valence-electron chi connectivity index (χ3n) is 2.82. The van der Waals surface area contributed by atoms with Gasteiger partial charge in [-0.05, 0) is 6.42 Å². The number of aliphatic hydroxyl groups excluding tert-OH is 2. The van der Waals surface area contributed by atoms with E-state index in [2.05, 4.69) is 4.74 Å². The molecule has 5 atom stereocenters. The minimum absolute atomic E-state index is 0.313. The van der Waals surface area contributed by atoms with Gasteiger partial charge in [0.15, 0.2) is 6.10 Å². The fourth-order valence-electron chi connectivity index (χ4n) is 2.09. The lowest BCUT2D eigenvalue weighted by atomic mass is 9.99. The molecule has 0 radical (unpaired) electrons. The predicted molar refractivity (Wildman–Crippen MR) is 40.8 cm³/mol. The fraction of sp³-hybridized carbons (Fsp3) is 0.875. The Balaban J connectivity index is 2.10. The van der Waals surface area contributed by atoms with Crippen molar-refractivity contribution in [3.63, 3.8) is 0 Å². The number of rotatable bonds is 1. The summed E-state index contributed by atoms with van der Waals surface area (Å²) in [5.74, 6) is -0.786. The number of hydrogen-bond donors (Lipinski definition) is 2. The highest BCUT2D eigenvalue weighted by Crippen LogP contribution is 2.40. The van der Waals surface area contributed by atoms with Crippen molar-refractivity contribution >= 4 is 5.97 Å². The second-order valence-electron chi connectivity index (χ2n) is 3.50. The van der Waals surface area contributed by atoms with Crippen LogP contribution in [0, 0.1) is 5.92 Å². The molecule has 1 aliphatic carbocycles. The molecular formula is C8H12O5. The number of carbonyl (C=O) groups is 1. The SMILES string of the molecule is COC(=O)[C@@H]1O[C@@H]2C[C@H]1[C@@H](O)[C@H]2O. The van der Waals surface area contributed by atoms with Gasteiger partial charge >= 0.3 is 5.97 Å². The second kappa shape index (κ2) is 2.94. The molecule has 0 spiro atoms. The maximum absolute atomic E-state index is 11.1. The van der Waals surface area contributed by atoms with E-state index in [4.69, 9.17) is 4.74 Å². The lowest BCUT2D eigenvalue weighted by Crippen LogP contribution is -2.46. The molecule has 0 aromatic carbocycles. The summed E-state index contributed by atoms with van der Waals surface area (Å²) in [4.78, 5) is 11.1. The van der Waals surface area contributed by atoms with Crippen LogP contribution in [0.5, 0.6) is 0 Å². The third kappa shape index (κ3) is 1.15. The number of methoxy groups -OCH3 is 1. The monoisotopic (exact) mass is 188 g/mol. The second-order valence-corrected chi connectivity index (χ2v) is 3.50. The molecule has 1 heterocycles. The quantitative estimate of drug-likeness (QED) is 0.498. The molecule has 2 bridgehead atoms. The summed E-state index contributed by atoms with van der Waals surface area (Å²) in [6.07, 6.45) is -2.30. The highest BCUT2D eigenvalue weighted by molar-refractivity contribution is 5.75. The summed E-state index contributed by atoms with van der Waals surface area (Å²) in [6, 6.07) is 0. The summed E-state index contributed by atoms with van der Waals surface area (Å²) in [7, 11) is 1.28. The molecule has 1 saturated carbocycles. The summed E-state index contributed by atoms with van der Waals surface area (Å²) in [5, 5.41) is 18.8. The largest absolute Gasteiger partial charge is 0.467 e. The van der Waals surface area contributed by atoms with Crippen LogP contribution in [0.25, 0.3) is 0 Å². The lowest BCUT2D eigenvalue weighted by Gasteiger charge is -2.28. The smallest absolute Gasteiger partial charge is 0.335 e. The Hall–Kier alpha value is -0.650. The van der Waals surface area contributed by atoms with Gasteiger partial charge in [-0.1, -0.05) is 0 Å².